The fourth-order valence-corrected chi connectivity index (χ4v) is 1.76. The van der Waals surface area contributed by atoms with Gasteiger partial charge in [-0.2, -0.15) is 0 Å². The van der Waals surface area contributed by atoms with E-state index in [0.29, 0.717) is 5.56 Å². The van der Waals surface area contributed by atoms with Crippen molar-refractivity contribution in [2.24, 2.45) is 5.73 Å². The lowest BCUT2D eigenvalue weighted by atomic mass is 10.1. The molecule has 0 spiro atoms. The van der Waals surface area contributed by atoms with Crippen LogP contribution in [0, 0.1) is 11.6 Å². The summed E-state index contributed by atoms with van der Waals surface area (Å²) in [7, 11) is 1.53. The predicted molar refractivity (Wildman–Crippen MR) is 63.8 cm³/mol. The Hall–Kier alpha value is -1.20. The number of anilines is 1. The van der Waals surface area contributed by atoms with Gasteiger partial charge in [0.15, 0.2) is 0 Å². The van der Waals surface area contributed by atoms with Gasteiger partial charge in [-0.15, -0.1) is 0 Å². The van der Waals surface area contributed by atoms with Crippen LogP contribution in [0.3, 0.4) is 0 Å². The van der Waals surface area contributed by atoms with Crippen molar-refractivity contribution in [2.45, 2.75) is 26.0 Å². The number of aliphatic hydroxyl groups is 1. The molecule has 17 heavy (non-hydrogen) atoms. The maximum absolute atomic E-state index is 13.7. The van der Waals surface area contributed by atoms with Gasteiger partial charge < -0.3 is 15.7 Å². The van der Waals surface area contributed by atoms with Gasteiger partial charge in [0.2, 0.25) is 0 Å². The zero-order valence-electron chi connectivity index (χ0n) is 10.3. The van der Waals surface area contributed by atoms with Gasteiger partial charge in [-0.3, -0.25) is 0 Å². The highest BCUT2D eigenvalue weighted by Gasteiger charge is 2.21. The van der Waals surface area contributed by atoms with Crippen LogP contribution in [0.1, 0.15) is 19.4 Å². The van der Waals surface area contributed by atoms with Crippen LogP contribution in [0.5, 0.6) is 0 Å². The van der Waals surface area contributed by atoms with Gasteiger partial charge in [0.05, 0.1) is 5.60 Å². The topological polar surface area (TPSA) is 49.5 Å². The number of benzene rings is 1. The maximum atomic E-state index is 13.7. The van der Waals surface area contributed by atoms with Crippen LogP contribution in [0.25, 0.3) is 0 Å². The Morgan fingerprint density at radius 3 is 2.12 bits per heavy atom. The molecule has 0 atom stereocenters. The predicted octanol–water partition coefficient (Wildman–Crippen LogP) is 1.63. The highest BCUT2D eigenvalue weighted by atomic mass is 19.1. The zero-order valence-corrected chi connectivity index (χ0v) is 10.3. The average Bonchev–Trinajstić information content (AvgIpc) is 2.13. The van der Waals surface area contributed by atoms with Gasteiger partial charge in [-0.25, -0.2) is 8.78 Å². The summed E-state index contributed by atoms with van der Waals surface area (Å²) in [6, 6.07) is 2.42. The van der Waals surface area contributed by atoms with E-state index < -0.39 is 17.2 Å². The van der Waals surface area contributed by atoms with Crippen LogP contribution in [0.4, 0.5) is 14.5 Å². The molecular formula is C12H18F2N2O. The Kier molecular flexibility index (Phi) is 4.06. The minimum Gasteiger partial charge on any atom is -0.389 e. The van der Waals surface area contributed by atoms with Crippen molar-refractivity contribution < 1.29 is 13.9 Å². The molecule has 0 fully saturated rings. The van der Waals surface area contributed by atoms with E-state index in [2.05, 4.69) is 0 Å². The number of hydrogen-bond donors (Lipinski definition) is 2. The molecule has 0 radical (unpaired) electrons. The van der Waals surface area contributed by atoms with E-state index in [1.807, 2.05) is 0 Å². The van der Waals surface area contributed by atoms with Crippen molar-refractivity contribution in [3.8, 4) is 0 Å². The van der Waals surface area contributed by atoms with Crippen molar-refractivity contribution in [3.05, 3.63) is 29.3 Å². The summed E-state index contributed by atoms with van der Waals surface area (Å²) in [5.74, 6) is -1.34. The number of rotatable bonds is 4. The molecule has 0 amide bonds. The van der Waals surface area contributed by atoms with Gasteiger partial charge in [0.1, 0.15) is 17.3 Å². The first-order chi connectivity index (χ1) is 7.74. The molecule has 1 aromatic rings. The van der Waals surface area contributed by atoms with Crippen LogP contribution >= 0.6 is 0 Å². The van der Waals surface area contributed by atoms with Crippen LogP contribution in [-0.4, -0.2) is 24.3 Å². The summed E-state index contributed by atoms with van der Waals surface area (Å²) >= 11 is 0. The molecule has 0 unspecified atom stereocenters. The maximum Gasteiger partial charge on any atom is 0.149 e. The van der Waals surface area contributed by atoms with Gasteiger partial charge in [-0.1, -0.05) is 0 Å². The molecule has 0 bridgehead atoms. The fourth-order valence-electron chi connectivity index (χ4n) is 1.76. The summed E-state index contributed by atoms with van der Waals surface area (Å²) in [6.07, 6.45) is 0. The fraction of sp³-hybridized carbons (Fsp3) is 0.500. The lowest BCUT2D eigenvalue weighted by Gasteiger charge is -2.28. The van der Waals surface area contributed by atoms with Crippen LogP contribution in [0.15, 0.2) is 12.1 Å². The third kappa shape index (κ3) is 3.64. The second kappa shape index (κ2) is 4.98. The van der Waals surface area contributed by atoms with Gasteiger partial charge in [-0.05, 0) is 31.5 Å². The first-order valence-corrected chi connectivity index (χ1v) is 5.36. The van der Waals surface area contributed by atoms with E-state index in [1.54, 1.807) is 13.8 Å². The number of likely N-dealkylation sites (N-methyl/N-ethyl adjacent to an activating group) is 1. The molecule has 0 saturated heterocycles. The van der Waals surface area contributed by atoms with E-state index in [1.165, 1.54) is 24.1 Å². The van der Waals surface area contributed by atoms with Gasteiger partial charge in [0, 0.05) is 20.1 Å². The summed E-state index contributed by atoms with van der Waals surface area (Å²) < 4.78 is 27.4. The third-order valence-corrected chi connectivity index (χ3v) is 2.32. The third-order valence-electron chi connectivity index (χ3n) is 2.32. The van der Waals surface area contributed by atoms with Gasteiger partial charge in [0.25, 0.3) is 0 Å². The Balaban J connectivity index is 3.06. The second-order valence-corrected chi connectivity index (χ2v) is 4.78. The summed E-state index contributed by atoms with van der Waals surface area (Å²) in [6.45, 7) is 3.37. The van der Waals surface area contributed by atoms with Crippen LogP contribution in [0.2, 0.25) is 0 Å². The van der Waals surface area contributed by atoms with E-state index in [-0.39, 0.29) is 18.8 Å². The summed E-state index contributed by atoms with van der Waals surface area (Å²) in [5.41, 5.74) is 4.56. The first-order valence-electron chi connectivity index (χ1n) is 5.36. The number of hydrogen-bond acceptors (Lipinski definition) is 3. The Bertz CT molecular complexity index is 379. The molecular weight excluding hydrogens is 226 g/mol. The Morgan fingerprint density at radius 2 is 1.76 bits per heavy atom. The molecule has 0 saturated carbocycles. The number of halogens is 2. The molecule has 3 nitrogen and oxygen atoms in total. The minimum atomic E-state index is -1.03. The lowest BCUT2D eigenvalue weighted by Crippen LogP contribution is -2.37. The van der Waals surface area contributed by atoms with Crippen molar-refractivity contribution in [3.63, 3.8) is 0 Å². The van der Waals surface area contributed by atoms with Crippen LogP contribution < -0.4 is 10.6 Å². The molecule has 3 N–H and O–H groups in total. The molecule has 5 heteroatoms. The van der Waals surface area contributed by atoms with Crippen molar-refractivity contribution in [1.29, 1.82) is 0 Å². The Labute approximate surface area is 99.8 Å². The van der Waals surface area contributed by atoms with Crippen molar-refractivity contribution in [2.75, 3.05) is 18.5 Å². The largest absolute Gasteiger partial charge is 0.389 e. The van der Waals surface area contributed by atoms with E-state index >= 15 is 0 Å². The lowest BCUT2D eigenvalue weighted by molar-refractivity contribution is 0.0883. The van der Waals surface area contributed by atoms with E-state index in [9.17, 15) is 13.9 Å². The molecule has 1 aromatic carbocycles. The molecule has 0 aliphatic carbocycles. The highest BCUT2D eigenvalue weighted by Crippen LogP contribution is 2.25. The monoisotopic (exact) mass is 244 g/mol. The summed E-state index contributed by atoms with van der Waals surface area (Å²) in [5, 5.41) is 9.63. The smallest absolute Gasteiger partial charge is 0.149 e. The zero-order chi connectivity index (χ0) is 13.2. The highest BCUT2D eigenvalue weighted by molar-refractivity contribution is 5.50. The van der Waals surface area contributed by atoms with E-state index in [0.717, 1.165) is 0 Å². The average molecular weight is 244 g/mol. The SMILES string of the molecule is CN(CC(C)(C)O)c1c(F)cc(CN)cc1F. The van der Waals surface area contributed by atoms with Gasteiger partial charge >= 0.3 is 0 Å². The summed E-state index contributed by atoms with van der Waals surface area (Å²) in [4.78, 5) is 1.35. The first kappa shape index (κ1) is 13.9. The second-order valence-electron chi connectivity index (χ2n) is 4.78. The number of nitrogens with two attached hydrogens (primary N) is 1. The quantitative estimate of drug-likeness (QED) is 0.846. The van der Waals surface area contributed by atoms with Crippen LogP contribution in [-0.2, 0) is 6.54 Å². The Morgan fingerprint density at radius 1 is 1.29 bits per heavy atom. The molecule has 0 aromatic heterocycles. The minimum absolute atomic E-state index is 0.0866. The molecule has 0 heterocycles. The number of nitrogens with zero attached hydrogens (tertiary/aromatic N) is 1. The normalized spacial score (nSPS) is 11.7. The van der Waals surface area contributed by atoms with Crippen molar-refractivity contribution in [1.82, 2.24) is 0 Å². The standard InChI is InChI=1S/C12H18F2N2O/c1-12(2,17)7-16(3)11-9(13)4-8(6-15)5-10(11)14/h4-5,17H,6-7,15H2,1-3H3. The van der Waals surface area contributed by atoms with Crippen molar-refractivity contribution >= 4 is 5.69 Å². The molecule has 1 rings (SSSR count). The molecule has 0 aliphatic rings. The molecule has 96 valence electrons. The van der Waals surface area contributed by atoms with E-state index in [4.69, 9.17) is 5.73 Å². The molecule has 0 aliphatic heterocycles.